The van der Waals surface area contributed by atoms with Crippen molar-refractivity contribution in [3.63, 3.8) is 0 Å². The molecule has 0 radical (unpaired) electrons. The second-order valence-corrected chi connectivity index (χ2v) is 10.2. The van der Waals surface area contributed by atoms with Gasteiger partial charge in [0.05, 0.1) is 6.10 Å². The van der Waals surface area contributed by atoms with E-state index in [1.54, 1.807) is 6.42 Å². The van der Waals surface area contributed by atoms with Gasteiger partial charge in [0.25, 0.3) is 0 Å². The van der Waals surface area contributed by atoms with Crippen molar-refractivity contribution in [3.05, 3.63) is 0 Å². The Morgan fingerprint density at radius 1 is 0.517 bits per heavy atom. The van der Waals surface area contributed by atoms with Crippen molar-refractivity contribution in [2.45, 2.75) is 168 Å². The summed E-state index contributed by atoms with van der Waals surface area (Å²) in [6, 6.07) is 0. The topological polar surface area (TPSA) is 20.2 Å². The first-order chi connectivity index (χ1) is 14.3. The number of aliphatic hydroxyl groups is 1. The van der Waals surface area contributed by atoms with Gasteiger partial charge in [-0.05, 0) is 31.1 Å². The van der Waals surface area contributed by atoms with E-state index in [0.29, 0.717) is 0 Å². The minimum atomic E-state index is -0.0279. The zero-order valence-corrected chi connectivity index (χ0v) is 20.4. The summed E-state index contributed by atoms with van der Waals surface area (Å²) in [5.41, 5.74) is 0. The zero-order chi connectivity index (χ0) is 21.0. The summed E-state index contributed by atoms with van der Waals surface area (Å²) >= 11 is 0. The van der Waals surface area contributed by atoms with E-state index < -0.39 is 0 Å². The van der Waals surface area contributed by atoms with Gasteiger partial charge in [0.1, 0.15) is 0 Å². The van der Waals surface area contributed by atoms with Crippen LogP contribution >= 0.6 is 0 Å². The summed E-state index contributed by atoms with van der Waals surface area (Å²) in [6.07, 6.45) is 31.6. The van der Waals surface area contributed by atoms with Crippen LogP contribution in [0.5, 0.6) is 0 Å². The van der Waals surface area contributed by atoms with Gasteiger partial charge in [0, 0.05) is 0 Å². The average molecular weight is 409 g/mol. The Labute approximate surface area is 184 Å². The van der Waals surface area contributed by atoms with Crippen molar-refractivity contribution < 1.29 is 5.11 Å². The molecule has 174 valence electrons. The average Bonchev–Trinajstić information content (AvgIpc) is 3.47. The lowest BCUT2D eigenvalue weighted by Gasteiger charge is -2.10. The van der Waals surface area contributed by atoms with E-state index >= 15 is 0 Å². The van der Waals surface area contributed by atoms with Crippen molar-refractivity contribution in [2.24, 2.45) is 11.8 Å². The van der Waals surface area contributed by atoms with E-state index in [9.17, 15) is 5.11 Å². The van der Waals surface area contributed by atoms with Crippen molar-refractivity contribution in [2.75, 3.05) is 0 Å². The van der Waals surface area contributed by atoms with Gasteiger partial charge < -0.3 is 5.11 Å². The number of hydrogen-bond acceptors (Lipinski definition) is 1. The summed E-state index contributed by atoms with van der Waals surface area (Å²) in [6.45, 7) is 4.58. The van der Waals surface area contributed by atoms with Gasteiger partial charge in [-0.2, -0.15) is 0 Å². The van der Waals surface area contributed by atoms with Gasteiger partial charge in [-0.3, -0.25) is 0 Å². The Hall–Kier alpha value is -0.0400. The molecule has 0 spiro atoms. The number of unbranched alkanes of at least 4 members (excludes halogenated alkanes) is 15. The van der Waals surface area contributed by atoms with Crippen molar-refractivity contribution in [1.29, 1.82) is 0 Å². The molecule has 0 amide bonds. The number of hydrogen-bond donors (Lipinski definition) is 1. The molecule has 29 heavy (non-hydrogen) atoms. The molecule has 0 unspecified atom stereocenters. The van der Waals surface area contributed by atoms with E-state index in [2.05, 4.69) is 13.8 Å². The summed E-state index contributed by atoms with van der Waals surface area (Å²) in [5, 5.41) is 10.1. The Balaban J connectivity index is 1.75. The third kappa shape index (κ3) is 17.3. The first kappa shape index (κ1) is 27.0. The molecular weight excluding hydrogens is 352 g/mol. The van der Waals surface area contributed by atoms with Crippen LogP contribution in [0.25, 0.3) is 0 Å². The van der Waals surface area contributed by atoms with Crippen LogP contribution in [0.2, 0.25) is 0 Å². The molecule has 3 atom stereocenters. The van der Waals surface area contributed by atoms with E-state index in [0.717, 1.165) is 24.7 Å². The summed E-state index contributed by atoms with van der Waals surface area (Å²) in [4.78, 5) is 0. The highest BCUT2D eigenvalue weighted by molar-refractivity contribution is 4.85. The molecule has 1 aliphatic rings. The Morgan fingerprint density at radius 3 is 1.28 bits per heavy atom. The second kappa shape index (κ2) is 19.9. The van der Waals surface area contributed by atoms with Crippen LogP contribution in [0.1, 0.15) is 162 Å². The van der Waals surface area contributed by atoms with Gasteiger partial charge in [-0.25, -0.2) is 0 Å². The highest BCUT2D eigenvalue weighted by atomic mass is 16.3. The molecule has 0 aliphatic heterocycles. The van der Waals surface area contributed by atoms with Crippen LogP contribution in [0, 0.1) is 11.8 Å². The lowest BCUT2D eigenvalue weighted by atomic mass is 10.0. The van der Waals surface area contributed by atoms with Crippen molar-refractivity contribution >= 4 is 0 Å². The predicted molar refractivity (Wildman–Crippen MR) is 131 cm³/mol. The monoisotopic (exact) mass is 408 g/mol. The molecule has 1 rings (SSSR count). The molecular formula is C28H56O. The molecule has 0 aromatic heterocycles. The minimum absolute atomic E-state index is 0.0279. The van der Waals surface area contributed by atoms with Gasteiger partial charge in [-0.15, -0.1) is 0 Å². The molecule has 0 bridgehead atoms. The molecule has 0 saturated heterocycles. The zero-order valence-electron chi connectivity index (χ0n) is 20.4. The number of aliphatic hydroxyl groups excluding tert-OH is 1. The third-order valence-corrected chi connectivity index (χ3v) is 7.25. The van der Waals surface area contributed by atoms with Crippen LogP contribution in [-0.2, 0) is 0 Å². The van der Waals surface area contributed by atoms with E-state index in [1.165, 1.54) is 128 Å². The van der Waals surface area contributed by atoms with Gasteiger partial charge in [-0.1, -0.05) is 142 Å². The molecule has 1 aliphatic carbocycles. The molecule has 0 heterocycles. The van der Waals surface area contributed by atoms with E-state index in [4.69, 9.17) is 0 Å². The maximum atomic E-state index is 10.1. The largest absolute Gasteiger partial charge is 0.393 e. The van der Waals surface area contributed by atoms with Crippen LogP contribution in [0.3, 0.4) is 0 Å². The molecule has 1 fully saturated rings. The SMILES string of the molecule is CCCCCCCCC[C@H](O)CCCCCCC[C@H]1C[C@@H]1CCCCCCCC. The molecule has 1 saturated carbocycles. The molecule has 0 aromatic carbocycles. The molecule has 1 N–H and O–H groups in total. The van der Waals surface area contributed by atoms with Crippen molar-refractivity contribution in [1.82, 2.24) is 0 Å². The lowest BCUT2D eigenvalue weighted by molar-refractivity contribution is 0.147. The fraction of sp³-hybridized carbons (Fsp3) is 1.00. The normalized spacial score (nSPS) is 19.6. The highest BCUT2D eigenvalue weighted by Crippen LogP contribution is 2.45. The van der Waals surface area contributed by atoms with E-state index in [1.807, 2.05) is 0 Å². The second-order valence-electron chi connectivity index (χ2n) is 10.2. The fourth-order valence-electron chi connectivity index (χ4n) is 5.00. The van der Waals surface area contributed by atoms with Crippen LogP contribution in [-0.4, -0.2) is 11.2 Å². The van der Waals surface area contributed by atoms with Crippen LogP contribution in [0.15, 0.2) is 0 Å². The highest BCUT2D eigenvalue weighted by Gasteiger charge is 2.34. The third-order valence-electron chi connectivity index (χ3n) is 7.25. The Bertz CT molecular complexity index is 320. The molecule has 1 nitrogen and oxygen atoms in total. The van der Waals surface area contributed by atoms with Crippen LogP contribution in [0.4, 0.5) is 0 Å². The van der Waals surface area contributed by atoms with Gasteiger partial charge in [0.2, 0.25) is 0 Å². The van der Waals surface area contributed by atoms with Crippen molar-refractivity contribution in [3.8, 4) is 0 Å². The minimum Gasteiger partial charge on any atom is -0.393 e. The van der Waals surface area contributed by atoms with Crippen LogP contribution < -0.4 is 0 Å². The maximum Gasteiger partial charge on any atom is 0.0540 e. The van der Waals surface area contributed by atoms with Gasteiger partial charge >= 0.3 is 0 Å². The Morgan fingerprint density at radius 2 is 0.862 bits per heavy atom. The smallest absolute Gasteiger partial charge is 0.0540 e. The molecule has 0 aromatic rings. The quantitative estimate of drug-likeness (QED) is 0.167. The standard InChI is InChI=1S/C28H56O/c1-3-5-7-9-11-15-19-23-28(29)24-20-16-12-14-18-22-27-25-26(27)21-17-13-10-8-6-4-2/h26-29H,3-25H2,1-2H3/t26-,27-,28-/m0/s1. The van der Waals surface area contributed by atoms with Gasteiger partial charge in [0.15, 0.2) is 0 Å². The summed E-state index contributed by atoms with van der Waals surface area (Å²) in [5.74, 6) is 2.19. The lowest BCUT2D eigenvalue weighted by Crippen LogP contribution is -2.05. The van der Waals surface area contributed by atoms with E-state index in [-0.39, 0.29) is 6.10 Å². The summed E-state index contributed by atoms with van der Waals surface area (Å²) < 4.78 is 0. The Kier molecular flexibility index (Phi) is 18.5. The molecule has 1 heteroatoms. The predicted octanol–water partition coefficient (Wildman–Crippen LogP) is 9.61. The first-order valence-electron chi connectivity index (χ1n) is 14.0. The summed E-state index contributed by atoms with van der Waals surface area (Å²) in [7, 11) is 0. The maximum absolute atomic E-state index is 10.1. The first-order valence-corrected chi connectivity index (χ1v) is 14.0. The number of rotatable bonds is 23. The fourth-order valence-corrected chi connectivity index (χ4v) is 5.00.